The smallest absolute Gasteiger partial charge is 0.252 e. The van der Waals surface area contributed by atoms with Crippen molar-refractivity contribution >= 4 is 21.8 Å². The summed E-state index contributed by atoms with van der Waals surface area (Å²) in [6.07, 6.45) is 4.65. The van der Waals surface area contributed by atoms with Gasteiger partial charge in [-0.2, -0.15) is 0 Å². The largest absolute Gasteiger partial charge is 0.367 e. The van der Waals surface area contributed by atoms with Gasteiger partial charge in [-0.1, -0.05) is 12.1 Å². The minimum absolute atomic E-state index is 0.0481. The van der Waals surface area contributed by atoms with Crippen LogP contribution in [0.15, 0.2) is 47.2 Å². The van der Waals surface area contributed by atoms with Crippen LogP contribution in [0, 0.1) is 0 Å². The fourth-order valence-corrected chi connectivity index (χ4v) is 2.04. The van der Waals surface area contributed by atoms with Crippen molar-refractivity contribution in [2.45, 2.75) is 6.42 Å². The molecule has 4 heteroatoms. The van der Waals surface area contributed by atoms with Gasteiger partial charge >= 0.3 is 0 Å². The molecule has 1 heterocycles. The molecule has 0 atom stereocenters. The molecule has 0 aliphatic carbocycles. The molecule has 1 amide bonds. The van der Waals surface area contributed by atoms with E-state index in [0.29, 0.717) is 12.1 Å². The Bertz CT molecular complexity index is 494. The van der Waals surface area contributed by atoms with Crippen molar-refractivity contribution in [1.82, 2.24) is 10.3 Å². The highest BCUT2D eigenvalue weighted by atomic mass is 79.9. The number of aromatic amines is 1. The SMILES string of the molecule is O=C(NCCc1cc[nH]c1)c1ccccc1Br. The van der Waals surface area contributed by atoms with Crippen LogP contribution >= 0.6 is 15.9 Å². The van der Waals surface area contributed by atoms with Gasteiger partial charge in [0.05, 0.1) is 5.56 Å². The molecule has 0 saturated carbocycles. The first kappa shape index (κ1) is 11.9. The lowest BCUT2D eigenvalue weighted by Crippen LogP contribution is -2.25. The molecule has 2 aromatic rings. The first-order valence-electron chi connectivity index (χ1n) is 5.42. The molecular weight excluding hydrogens is 280 g/mol. The minimum atomic E-state index is -0.0481. The van der Waals surface area contributed by atoms with E-state index in [1.165, 1.54) is 5.56 Å². The van der Waals surface area contributed by atoms with Crippen LogP contribution in [0.1, 0.15) is 15.9 Å². The summed E-state index contributed by atoms with van der Waals surface area (Å²) in [5.41, 5.74) is 1.86. The first-order valence-corrected chi connectivity index (χ1v) is 6.21. The first-order chi connectivity index (χ1) is 8.27. The normalized spacial score (nSPS) is 10.2. The molecule has 0 fully saturated rings. The second-order valence-electron chi connectivity index (χ2n) is 3.70. The average molecular weight is 293 g/mol. The van der Waals surface area contributed by atoms with E-state index in [1.807, 2.05) is 36.7 Å². The molecular formula is C13H13BrN2O. The fourth-order valence-electron chi connectivity index (χ4n) is 1.57. The number of amides is 1. The molecule has 88 valence electrons. The quantitative estimate of drug-likeness (QED) is 0.894. The Hall–Kier alpha value is -1.55. The number of rotatable bonds is 4. The summed E-state index contributed by atoms with van der Waals surface area (Å²) in [7, 11) is 0. The van der Waals surface area contributed by atoms with Crippen molar-refractivity contribution < 1.29 is 4.79 Å². The number of nitrogens with one attached hydrogen (secondary N) is 2. The number of carbonyl (C=O) groups excluding carboxylic acids is 1. The van der Waals surface area contributed by atoms with Crippen molar-refractivity contribution in [1.29, 1.82) is 0 Å². The highest BCUT2D eigenvalue weighted by molar-refractivity contribution is 9.10. The standard InChI is InChI=1S/C13H13BrN2O/c14-12-4-2-1-3-11(12)13(17)16-8-6-10-5-7-15-9-10/h1-5,7,9,15H,6,8H2,(H,16,17). The van der Waals surface area contributed by atoms with E-state index >= 15 is 0 Å². The van der Waals surface area contributed by atoms with E-state index in [-0.39, 0.29) is 5.91 Å². The summed E-state index contributed by atoms with van der Waals surface area (Å²) in [5, 5.41) is 2.90. The molecule has 0 spiro atoms. The number of hydrogen-bond donors (Lipinski definition) is 2. The van der Waals surface area contributed by atoms with E-state index < -0.39 is 0 Å². The second-order valence-corrected chi connectivity index (χ2v) is 4.56. The van der Waals surface area contributed by atoms with E-state index in [0.717, 1.165) is 10.9 Å². The van der Waals surface area contributed by atoms with Gasteiger partial charge in [0, 0.05) is 23.4 Å². The summed E-state index contributed by atoms with van der Waals surface area (Å²) in [6, 6.07) is 9.41. The minimum Gasteiger partial charge on any atom is -0.367 e. The van der Waals surface area contributed by atoms with Gasteiger partial charge < -0.3 is 10.3 Å². The van der Waals surface area contributed by atoms with Crippen LogP contribution in [0.4, 0.5) is 0 Å². The number of H-pyrrole nitrogens is 1. The Labute approximate surface area is 108 Å². The summed E-state index contributed by atoms with van der Waals surface area (Å²) >= 11 is 3.36. The maximum Gasteiger partial charge on any atom is 0.252 e. The highest BCUT2D eigenvalue weighted by Crippen LogP contribution is 2.15. The third-order valence-electron chi connectivity index (χ3n) is 2.48. The third-order valence-corrected chi connectivity index (χ3v) is 3.17. The van der Waals surface area contributed by atoms with Crippen LogP contribution < -0.4 is 5.32 Å². The number of carbonyl (C=O) groups is 1. The average Bonchev–Trinajstić information content (AvgIpc) is 2.82. The molecule has 3 nitrogen and oxygen atoms in total. The zero-order chi connectivity index (χ0) is 12.1. The van der Waals surface area contributed by atoms with Crippen LogP contribution in [0.3, 0.4) is 0 Å². The molecule has 0 radical (unpaired) electrons. The molecule has 0 bridgehead atoms. The lowest BCUT2D eigenvalue weighted by atomic mass is 10.2. The number of benzene rings is 1. The van der Waals surface area contributed by atoms with E-state index in [2.05, 4.69) is 26.2 Å². The van der Waals surface area contributed by atoms with Crippen LogP contribution in [0.2, 0.25) is 0 Å². The van der Waals surface area contributed by atoms with Gasteiger partial charge in [-0.3, -0.25) is 4.79 Å². The van der Waals surface area contributed by atoms with Gasteiger partial charge in [0.1, 0.15) is 0 Å². The number of halogens is 1. The molecule has 0 saturated heterocycles. The van der Waals surface area contributed by atoms with Gasteiger partial charge in [-0.15, -0.1) is 0 Å². The predicted molar refractivity (Wildman–Crippen MR) is 71.0 cm³/mol. The zero-order valence-corrected chi connectivity index (χ0v) is 10.8. The van der Waals surface area contributed by atoms with Crippen molar-refractivity contribution in [3.05, 3.63) is 58.3 Å². The van der Waals surface area contributed by atoms with Crippen molar-refractivity contribution in [2.75, 3.05) is 6.54 Å². The van der Waals surface area contributed by atoms with Crippen LogP contribution in [0.25, 0.3) is 0 Å². The summed E-state index contributed by atoms with van der Waals surface area (Å²) in [6.45, 7) is 0.637. The maximum absolute atomic E-state index is 11.8. The molecule has 0 aliphatic rings. The Kier molecular flexibility index (Phi) is 3.98. The summed E-state index contributed by atoms with van der Waals surface area (Å²) < 4.78 is 0.819. The highest BCUT2D eigenvalue weighted by Gasteiger charge is 2.07. The fraction of sp³-hybridized carbons (Fsp3) is 0.154. The molecule has 0 unspecified atom stereocenters. The Morgan fingerprint density at radius 1 is 1.29 bits per heavy atom. The van der Waals surface area contributed by atoms with Crippen molar-refractivity contribution in [2.24, 2.45) is 0 Å². The van der Waals surface area contributed by atoms with Crippen molar-refractivity contribution in [3.63, 3.8) is 0 Å². The molecule has 2 N–H and O–H groups in total. The lowest BCUT2D eigenvalue weighted by molar-refractivity contribution is 0.0953. The predicted octanol–water partition coefficient (Wildman–Crippen LogP) is 2.75. The topological polar surface area (TPSA) is 44.9 Å². The Morgan fingerprint density at radius 3 is 2.82 bits per heavy atom. The molecule has 0 aliphatic heterocycles. The second kappa shape index (κ2) is 5.68. The van der Waals surface area contributed by atoms with Gasteiger partial charge in [0.25, 0.3) is 5.91 Å². The lowest BCUT2D eigenvalue weighted by Gasteiger charge is -2.05. The van der Waals surface area contributed by atoms with Crippen molar-refractivity contribution in [3.8, 4) is 0 Å². The third kappa shape index (κ3) is 3.20. The zero-order valence-electron chi connectivity index (χ0n) is 9.24. The number of hydrogen-bond acceptors (Lipinski definition) is 1. The Balaban J connectivity index is 1.88. The van der Waals surface area contributed by atoms with E-state index in [1.54, 1.807) is 6.07 Å². The van der Waals surface area contributed by atoms with Gasteiger partial charge in [0.2, 0.25) is 0 Å². The Morgan fingerprint density at radius 2 is 2.12 bits per heavy atom. The summed E-state index contributed by atoms with van der Waals surface area (Å²) in [4.78, 5) is 14.8. The molecule has 17 heavy (non-hydrogen) atoms. The van der Waals surface area contributed by atoms with Gasteiger partial charge in [0.15, 0.2) is 0 Å². The number of aromatic nitrogens is 1. The van der Waals surface area contributed by atoms with Gasteiger partial charge in [-0.05, 0) is 46.1 Å². The monoisotopic (exact) mass is 292 g/mol. The summed E-state index contributed by atoms with van der Waals surface area (Å²) in [5.74, 6) is -0.0481. The van der Waals surface area contributed by atoms with Crippen LogP contribution in [-0.2, 0) is 6.42 Å². The van der Waals surface area contributed by atoms with Gasteiger partial charge in [-0.25, -0.2) is 0 Å². The molecule has 2 rings (SSSR count). The van der Waals surface area contributed by atoms with E-state index in [4.69, 9.17) is 0 Å². The van der Waals surface area contributed by atoms with Crippen LogP contribution in [-0.4, -0.2) is 17.4 Å². The van der Waals surface area contributed by atoms with Crippen LogP contribution in [0.5, 0.6) is 0 Å². The maximum atomic E-state index is 11.8. The molecule has 1 aromatic carbocycles. The van der Waals surface area contributed by atoms with E-state index in [9.17, 15) is 4.79 Å². The molecule has 1 aromatic heterocycles.